The molecule has 3 aromatic rings. The predicted octanol–water partition coefficient (Wildman–Crippen LogP) is 3.41. The highest BCUT2D eigenvalue weighted by molar-refractivity contribution is 7.14. The lowest BCUT2D eigenvalue weighted by Gasteiger charge is -2.23. The van der Waals surface area contributed by atoms with Gasteiger partial charge < -0.3 is 14.8 Å². The predicted molar refractivity (Wildman–Crippen MR) is 94.8 cm³/mol. The maximum Gasteiger partial charge on any atom is 0.142 e. The zero-order valence-corrected chi connectivity index (χ0v) is 14.9. The lowest BCUT2D eigenvalue weighted by atomic mass is 9.96. The molecule has 0 amide bonds. The van der Waals surface area contributed by atoms with Crippen molar-refractivity contribution in [2.45, 2.75) is 32.9 Å². The van der Waals surface area contributed by atoms with Crippen LogP contribution in [0.5, 0.6) is 0 Å². The minimum atomic E-state index is -0.976. The van der Waals surface area contributed by atoms with Crippen LogP contribution in [0.3, 0.4) is 0 Å². The second-order valence-corrected chi connectivity index (χ2v) is 7.17. The second kappa shape index (κ2) is 6.84. The molecule has 0 aliphatic carbocycles. The highest BCUT2D eigenvalue weighted by Gasteiger charge is 2.27. The van der Waals surface area contributed by atoms with Crippen LogP contribution in [-0.2, 0) is 12.1 Å². The molecule has 0 bridgehead atoms. The molecule has 0 aliphatic heterocycles. The van der Waals surface area contributed by atoms with Crippen LogP contribution < -0.4 is 5.32 Å². The van der Waals surface area contributed by atoms with E-state index in [2.05, 4.69) is 15.3 Å². The summed E-state index contributed by atoms with van der Waals surface area (Å²) in [5, 5.41) is 14.9. The van der Waals surface area contributed by atoms with Gasteiger partial charge in [0.2, 0.25) is 0 Å². The SMILES string of the molecule is Cc1cc(C(C)(O)CNCc2cnc(-c3ccccn3)s2)c(C)o1. The summed E-state index contributed by atoms with van der Waals surface area (Å²) >= 11 is 1.60. The Bertz CT molecular complexity index is 809. The number of nitrogens with zero attached hydrogens (tertiary/aromatic N) is 2. The number of aryl methyl sites for hydroxylation is 2. The molecule has 1 atom stereocenters. The van der Waals surface area contributed by atoms with Crippen LogP contribution in [0.4, 0.5) is 0 Å². The fraction of sp³-hybridized carbons (Fsp3) is 0.333. The molecular weight excluding hydrogens is 322 g/mol. The van der Waals surface area contributed by atoms with Gasteiger partial charge in [-0.3, -0.25) is 4.98 Å². The molecule has 6 heteroatoms. The van der Waals surface area contributed by atoms with E-state index in [1.807, 2.05) is 44.3 Å². The van der Waals surface area contributed by atoms with Gasteiger partial charge in [0.15, 0.2) is 0 Å². The number of aliphatic hydroxyl groups is 1. The molecular formula is C18H21N3O2S. The van der Waals surface area contributed by atoms with E-state index in [-0.39, 0.29) is 0 Å². The van der Waals surface area contributed by atoms with Gasteiger partial charge in [0.1, 0.15) is 22.1 Å². The van der Waals surface area contributed by atoms with Crippen molar-refractivity contribution < 1.29 is 9.52 Å². The average Bonchev–Trinajstić information content (AvgIpc) is 3.15. The van der Waals surface area contributed by atoms with Crippen molar-refractivity contribution in [2.24, 2.45) is 0 Å². The van der Waals surface area contributed by atoms with Crippen LogP contribution in [0.1, 0.15) is 28.9 Å². The Balaban J connectivity index is 1.60. The summed E-state index contributed by atoms with van der Waals surface area (Å²) in [6.07, 6.45) is 3.62. The van der Waals surface area contributed by atoms with Crippen LogP contribution in [0.25, 0.3) is 10.7 Å². The van der Waals surface area contributed by atoms with E-state index in [4.69, 9.17) is 4.42 Å². The van der Waals surface area contributed by atoms with Crippen LogP contribution >= 0.6 is 11.3 Å². The Labute approximate surface area is 145 Å². The molecule has 3 rings (SSSR count). The largest absolute Gasteiger partial charge is 0.466 e. The van der Waals surface area contributed by atoms with Crippen LogP contribution in [0, 0.1) is 13.8 Å². The highest BCUT2D eigenvalue weighted by atomic mass is 32.1. The summed E-state index contributed by atoms with van der Waals surface area (Å²) < 4.78 is 5.52. The lowest BCUT2D eigenvalue weighted by Crippen LogP contribution is -2.35. The number of hydrogen-bond acceptors (Lipinski definition) is 6. The first-order valence-corrected chi connectivity index (χ1v) is 8.64. The first-order valence-electron chi connectivity index (χ1n) is 7.82. The fourth-order valence-corrected chi connectivity index (χ4v) is 3.55. The normalized spacial score (nSPS) is 13.8. The summed E-state index contributed by atoms with van der Waals surface area (Å²) in [6.45, 7) is 6.64. The number of aromatic nitrogens is 2. The van der Waals surface area contributed by atoms with Crippen molar-refractivity contribution >= 4 is 11.3 Å². The minimum absolute atomic E-state index is 0.434. The summed E-state index contributed by atoms with van der Waals surface area (Å²) in [5.74, 6) is 1.57. The maximum absolute atomic E-state index is 10.7. The molecule has 0 radical (unpaired) electrons. The number of furan rings is 1. The number of rotatable bonds is 6. The molecule has 0 fully saturated rings. The van der Waals surface area contributed by atoms with E-state index in [0.29, 0.717) is 13.1 Å². The molecule has 0 saturated heterocycles. The Kier molecular flexibility index (Phi) is 4.80. The van der Waals surface area contributed by atoms with Gasteiger partial charge in [-0.1, -0.05) is 6.07 Å². The number of thiazole rings is 1. The number of nitrogens with one attached hydrogen (secondary N) is 1. The Morgan fingerprint density at radius 2 is 2.12 bits per heavy atom. The molecule has 126 valence electrons. The summed E-state index contributed by atoms with van der Waals surface area (Å²) in [6, 6.07) is 7.68. The zero-order chi connectivity index (χ0) is 17.2. The van der Waals surface area contributed by atoms with Crippen LogP contribution in [-0.4, -0.2) is 21.6 Å². The van der Waals surface area contributed by atoms with Gasteiger partial charge in [-0.15, -0.1) is 11.3 Å². The molecule has 24 heavy (non-hydrogen) atoms. The third kappa shape index (κ3) is 3.72. The monoisotopic (exact) mass is 343 g/mol. The molecule has 5 nitrogen and oxygen atoms in total. The van der Waals surface area contributed by atoms with Gasteiger partial charge in [0, 0.05) is 35.9 Å². The minimum Gasteiger partial charge on any atom is -0.466 e. The molecule has 2 N–H and O–H groups in total. The first-order chi connectivity index (χ1) is 11.5. The molecule has 3 heterocycles. The second-order valence-electron chi connectivity index (χ2n) is 6.05. The molecule has 0 aliphatic rings. The molecule has 0 spiro atoms. The van der Waals surface area contributed by atoms with Crippen molar-refractivity contribution in [1.29, 1.82) is 0 Å². The topological polar surface area (TPSA) is 71.2 Å². The third-order valence-electron chi connectivity index (χ3n) is 3.83. The quantitative estimate of drug-likeness (QED) is 0.718. The van der Waals surface area contributed by atoms with Gasteiger partial charge in [-0.25, -0.2) is 4.98 Å². The van der Waals surface area contributed by atoms with Crippen molar-refractivity contribution in [3.63, 3.8) is 0 Å². The average molecular weight is 343 g/mol. The van der Waals surface area contributed by atoms with E-state index < -0.39 is 5.60 Å². The van der Waals surface area contributed by atoms with Crippen molar-refractivity contribution in [3.05, 3.63) is 58.6 Å². The van der Waals surface area contributed by atoms with Gasteiger partial charge in [0.25, 0.3) is 0 Å². The smallest absolute Gasteiger partial charge is 0.142 e. The maximum atomic E-state index is 10.7. The third-order valence-corrected chi connectivity index (χ3v) is 4.85. The van der Waals surface area contributed by atoms with Crippen LogP contribution in [0.2, 0.25) is 0 Å². The Hall–Kier alpha value is -2.02. The molecule has 0 saturated carbocycles. The summed E-state index contributed by atoms with van der Waals surface area (Å²) in [5.41, 5.74) is 0.729. The van der Waals surface area contributed by atoms with E-state index in [1.165, 1.54) is 0 Å². The van der Waals surface area contributed by atoms with Gasteiger partial charge >= 0.3 is 0 Å². The lowest BCUT2D eigenvalue weighted by molar-refractivity contribution is 0.0552. The Morgan fingerprint density at radius 3 is 2.79 bits per heavy atom. The van der Waals surface area contributed by atoms with E-state index in [9.17, 15) is 5.11 Å². The van der Waals surface area contributed by atoms with Crippen LogP contribution in [0.15, 0.2) is 41.1 Å². The number of hydrogen-bond donors (Lipinski definition) is 2. The van der Waals surface area contributed by atoms with E-state index >= 15 is 0 Å². The highest BCUT2D eigenvalue weighted by Crippen LogP contribution is 2.27. The van der Waals surface area contributed by atoms with Gasteiger partial charge in [0.05, 0.1) is 5.69 Å². The van der Waals surface area contributed by atoms with E-state index in [0.717, 1.165) is 32.7 Å². The zero-order valence-electron chi connectivity index (χ0n) is 14.0. The van der Waals surface area contributed by atoms with Gasteiger partial charge in [-0.2, -0.15) is 0 Å². The van der Waals surface area contributed by atoms with Crippen molar-refractivity contribution in [2.75, 3.05) is 6.54 Å². The molecule has 3 aromatic heterocycles. The standard InChI is InChI=1S/C18H21N3O2S/c1-12-8-15(13(2)23-12)18(3,22)11-19-9-14-10-21-17(24-14)16-6-4-5-7-20-16/h4-8,10,19,22H,9,11H2,1-3H3. The van der Waals surface area contributed by atoms with Crippen molar-refractivity contribution in [1.82, 2.24) is 15.3 Å². The van der Waals surface area contributed by atoms with Crippen molar-refractivity contribution in [3.8, 4) is 10.7 Å². The summed E-state index contributed by atoms with van der Waals surface area (Å²) in [4.78, 5) is 9.83. The molecule has 1 unspecified atom stereocenters. The Morgan fingerprint density at radius 1 is 1.29 bits per heavy atom. The van der Waals surface area contributed by atoms with Gasteiger partial charge in [-0.05, 0) is 39.0 Å². The molecule has 0 aromatic carbocycles. The number of pyridine rings is 1. The fourth-order valence-electron chi connectivity index (χ4n) is 2.69. The van der Waals surface area contributed by atoms with E-state index in [1.54, 1.807) is 24.5 Å². The summed E-state index contributed by atoms with van der Waals surface area (Å²) in [7, 11) is 0. The first kappa shape index (κ1) is 16.8.